The van der Waals surface area contributed by atoms with Crippen LogP contribution >= 0.6 is 0 Å². The van der Waals surface area contributed by atoms with Crippen LogP contribution in [-0.2, 0) is 9.22 Å². The second-order valence-electron chi connectivity index (χ2n) is 7.97. The number of carbonyl (C=O) groups is 2. The normalized spacial score (nSPS) is 20.6. The number of rotatable bonds is 4. The van der Waals surface area contributed by atoms with E-state index in [1.165, 1.54) is 4.90 Å². The van der Waals surface area contributed by atoms with E-state index in [1.54, 1.807) is 6.92 Å². The fourth-order valence-corrected chi connectivity index (χ4v) is 6.40. The van der Waals surface area contributed by atoms with Gasteiger partial charge in [-0.2, -0.15) is 0 Å². The highest BCUT2D eigenvalue weighted by Crippen LogP contribution is 2.29. The summed E-state index contributed by atoms with van der Waals surface area (Å²) in [6, 6.07) is 0.641. The molecule has 0 radical (unpaired) electrons. The van der Waals surface area contributed by atoms with Crippen molar-refractivity contribution in [2.45, 2.75) is 59.8 Å². The number of ketones is 1. The molecule has 1 aliphatic rings. The number of carboxylic acid groups (broad SMARTS) is 1. The van der Waals surface area contributed by atoms with Gasteiger partial charge in [-0.3, -0.25) is 9.69 Å². The van der Waals surface area contributed by atoms with Crippen LogP contribution in [0.4, 0.5) is 4.79 Å². The first kappa shape index (κ1) is 18.9. The van der Waals surface area contributed by atoms with Crippen LogP contribution in [0.1, 0.15) is 34.6 Å². The molecular weight excluding hydrogens is 298 g/mol. The molecule has 1 amide bonds. The third-order valence-electron chi connectivity index (χ3n) is 4.03. The minimum absolute atomic E-state index is 0.0756. The van der Waals surface area contributed by atoms with Crippen molar-refractivity contribution in [3.63, 3.8) is 0 Å². The maximum atomic E-state index is 11.9. The van der Waals surface area contributed by atoms with E-state index in [0.717, 1.165) is 11.6 Å². The number of Topliss-reactive ketones (excluding diaryl/α,β-unsaturated/α-hetero) is 1. The van der Waals surface area contributed by atoms with Crippen molar-refractivity contribution in [3.05, 3.63) is 11.1 Å². The molecule has 22 heavy (non-hydrogen) atoms. The molecule has 1 N–H and O–H groups in total. The first-order chi connectivity index (χ1) is 9.84. The lowest BCUT2D eigenvalue weighted by atomic mass is 9.95. The predicted octanol–water partition coefficient (Wildman–Crippen LogP) is 3.52. The molecule has 5 nitrogen and oxygen atoms in total. The number of carbonyl (C=O) groups excluding carboxylic acids is 1. The summed E-state index contributed by atoms with van der Waals surface area (Å²) >= 11 is 0. The zero-order valence-corrected chi connectivity index (χ0v) is 15.8. The Morgan fingerprint density at radius 3 is 2.36 bits per heavy atom. The van der Waals surface area contributed by atoms with Crippen LogP contribution in [0, 0.1) is 5.41 Å². The fourth-order valence-electron chi connectivity index (χ4n) is 3.14. The lowest BCUT2D eigenvalue weighted by Crippen LogP contribution is -2.51. The second-order valence-corrected chi connectivity index (χ2v) is 12.1. The Morgan fingerprint density at radius 2 is 1.91 bits per heavy atom. The molecule has 0 fully saturated rings. The smallest absolute Gasteiger partial charge is 0.408 e. The molecule has 1 unspecified atom stereocenters. The van der Waals surface area contributed by atoms with E-state index in [9.17, 15) is 14.7 Å². The Bertz CT molecular complexity index is 491. The van der Waals surface area contributed by atoms with Crippen LogP contribution in [0.25, 0.3) is 0 Å². The molecule has 0 bridgehead atoms. The molecule has 1 heterocycles. The molecule has 1 rings (SSSR count). The Labute approximate surface area is 134 Å². The summed E-state index contributed by atoms with van der Waals surface area (Å²) in [5.74, 6) is -0.123. The van der Waals surface area contributed by atoms with Gasteiger partial charge >= 0.3 is 6.09 Å². The van der Waals surface area contributed by atoms with E-state index >= 15 is 0 Å². The van der Waals surface area contributed by atoms with Crippen molar-refractivity contribution >= 4 is 20.2 Å². The lowest BCUT2D eigenvalue weighted by molar-refractivity contribution is -0.117. The summed E-state index contributed by atoms with van der Waals surface area (Å²) in [6.45, 7) is 14.7. The molecule has 6 heteroatoms. The number of nitrogens with zero attached hydrogens (tertiary/aromatic N) is 1. The van der Waals surface area contributed by atoms with Gasteiger partial charge in [0, 0.05) is 0 Å². The summed E-state index contributed by atoms with van der Waals surface area (Å²) < 4.78 is 6.17. The van der Waals surface area contributed by atoms with Gasteiger partial charge in [0.1, 0.15) is 0 Å². The van der Waals surface area contributed by atoms with E-state index in [4.69, 9.17) is 4.43 Å². The minimum Gasteiger partial charge on any atom is -0.465 e. The largest absolute Gasteiger partial charge is 0.465 e. The van der Waals surface area contributed by atoms with Crippen molar-refractivity contribution in [2.75, 3.05) is 13.2 Å². The molecule has 0 saturated carbocycles. The fraction of sp³-hybridized carbons (Fsp3) is 0.750. The second kappa shape index (κ2) is 6.54. The lowest BCUT2D eigenvalue weighted by Gasteiger charge is -2.37. The van der Waals surface area contributed by atoms with Crippen LogP contribution < -0.4 is 0 Å². The summed E-state index contributed by atoms with van der Waals surface area (Å²) in [5.41, 5.74) is 1.66. The molecule has 0 aromatic carbocycles. The van der Waals surface area contributed by atoms with Gasteiger partial charge in [0.25, 0.3) is 0 Å². The predicted molar refractivity (Wildman–Crippen MR) is 89.6 cm³/mol. The molecule has 0 spiro atoms. The Hall–Kier alpha value is -1.14. The van der Waals surface area contributed by atoms with Crippen LogP contribution in [-0.4, -0.2) is 49.4 Å². The standard InChI is InChI=1S/C16H29NO4Si/c1-11-12(2)14(18)8-17(15(19)20)13(11)9-21-22(6,7)10-16(3,4)5/h13H,8-10H2,1-7H3,(H,19,20). The van der Waals surface area contributed by atoms with Crippen molar-refractivity contribution in [2.24, 2.45) is 5.41 Å². The van der Waals surface area contributed by atoms with Crippen molar-refractivity contribution in [1.82, 2.24) is 4.90 Å². The molecule has 0 aromatic rings. The van der Waals surface area contributed by atoms with E-state index in [2.05, 4.69) is 33.9 Å². The van der Waals surface area contributed by atoms with Crippen molar-refractivity contribution in [1.29, 1.82) is 0 Å². The minimum atomic E-state index is -1.88. The van der Waals surface area contributed by atoms with Gasteiger partial charge < -0.3 is 9.53 Å². The van der Waals surface area contributed by atoms with Gasteiger partial charge in [0.15, 0.2) is 14.1 Å². The topological polar surface area (TPSA) is 66.8 Å². The molecule has 0 aliphatic carbocycles. The summed E-state index contributed by atoms with van der Waals surface area (Å²) in [6.07, 6.45) is -1.07. The molecular formula is C16H29NO4Si. The van der Waals surface area contributed by atoms with E-state index < -0.39 is 14.4 Å². The highest BCUT2D eigenvalue weighted by molar-refractivity contribution is 6.71. The van der Waals surface area contributed by atoms with Crippen LogP contribution in [0.2, 0.25) is 19.1 Å². The van der Waals surface area contributed by atoms with E-state index in [0.29, 0.717) is 12.2 Å². The first-order valence-electron chi connectivity index (χ1n) is 7.68. The van der Waals surface area contributed by atoms with Crippen LogP contribution in [0.3, 0.4) is 0 Å². The van der Waals surface area contributed by atoms with Gasteiger partial charge in [0.2, 0.25) is 0 Å². The third-order valence-corrected chi connectivity index (χ3v) is 6.89. The van der Waals surface area contributed by atoms with Gasteiger partial charge in [-0.25, -0.2) is 4.79 Å². The van der Waals surface area contributed by atoms with E-state index in [-0.39, 0.29) is 23.8 Å². The number of hydrogen-bond acceptors (Lipinski definition) is 3. The average Bonchev–Trinajstić information content (AvgIpc) is 2.31. The number of hydrogen-bond donors (Lipinski definition) is 1. The van der Waals surface area contributed by atoms with Crippen molar-refractivity contribution < 1.29 is 19.1 Å². The maximum absolute atomic E-state index is 11.9. The first-order valence-corrected chi connectivity index (χ1v) is 10.8. The molecule has 126 valence electrons. The SMILES string of the molecule is CC1=C(C)C(CO[Si](C)(C)CC(C)(C)C)N(C(=O)O)CC1=O. The summed E-state index contributed by atoms with van der Waals surface area (Å²) in [4.78, 5) is 24.5. The van der Waals surface area contributed by atoms with Gasteiger partial charge in [0.05, 0.1) is 19.2 Å². The zero-order chi connectivity index (χ0) is 17.3. The van der Waals surface area contributed by atoms with Crippen LogP contribution in [0.15, 0.2) is 11.1 Å². The molecule has 0 aromatic heterocycles. The van der Waals surface area contributed by atoms with Gasteiger partial charge in [-0.05, 0) is 49.5 Å². The molecule has 0 saturated heterocycles. The van der Waals surface area contributed by atoms with Crippen LogP contribution in [0.5, 0.6) is 0 Å². The molecule has 1 aliphatic heterocycles. The third kappa shape index (κ3) is 4.95. The highest BCUT2D eigenvalue weighted by atomic mass is 28.4. The monoisotopic (exact) mass is 327 g/mol. The van der Waals surface area contributed by atoms with Gasteiger partial charge in [-0.1, -0.05) is 20.8 Å². The molecule has 1 atom stereocenters. The zero-order valence-electron chi connectivity index (χ0n) is 14.8. The Balaban J connectivity index is 2.89. The highest BCUT2D eigenvalue weighted by Gasteiger charge is 2.36. The average molecular weight is 327 g/mol. The van der Waals surface area contributed by atoms with Crippen molar-refractivity contribution in [3.8, 4) is 0 Å². The number of amides is 1. The summed E-state index contributed by atoms with van der Waals surface area (Å²) in [7, 11) is -1.88. The summed E-state index contributed by atoms with van der Waals surface area (Å²) in [5, 5.41) is 9.35. The maximum Gasteiger partial charge on any atom is 0.408 e. The Kier molecular flexibility index (Phi) is 5.62. The Morgan fingerprint density at radius 1 is 1.36 bits per heavy atom. The van der Waals surface area contributed by atoms with E-state index in [1.807, 2.05) is 6.92 Å². The quantitative estimate of drug-likeness (QED) is 0.802. The van der Waals surface area contributed by atoms with Gasteiger partial charge in [-0.15, -0.1) is 0 Å².